The van der Waals surface area contributed by atoms with E-state index in [1.807, 2.05) is 18.7 Å². The monoisotopic (exact) mass is 287 g/mol. The van der Waals surface area contributed by atoms with Gasteiger partial charge in [0.2, 0.25) is 0 Å². The summed E-state index contributed by atoms with van der Waals surface area (Å²) in [5, 5.41) is 9.56. The van der Waals surface area contributed by atoms with E-state index in [1.165, 1.54) is 6.07 Å². The summed E-state index contributed by atoms with van der Waals surface area (Å²) in [6.45, 7) is 6.09. The lowest BCUT2D eigenvalue weighted by Gasteiger charge is -2.24. The fourth-order valence-corrected chi connectivity index (χ4v) is 3.00. The van der Waals surface area contributed by atoms with Crippen LogP contribution in [-0.2, 0) is 6.18 Å². The molecule has 2 rings (SSSR count). The van der Waals surface area contributed by atoms with E-state index in [2.05, 4.69) is 0 Å². The standard InChI is InChI=1S/C15H20F3NO/c1-9(2)19-8-11(7-10(3)20)14-12(15(16,17)18)5-4-6-13(14)19/h4-6,9-11,20H,7-8H2,1-3H3. The highest BCUT2D eigenvalue weighted by molar-refractivity contribution is 5.64. The fourth-order valence-electron chi connectivity index (χ4n) is 3.00. The molecule has 1 aliphatic rings. The lowest BCUT2D eigenvalue weighted by Crippen LogP contribution is -2.29. The Morgan fingerprint density at radius 1 is 1.30 bits per heavy atom. The van der Waals surface area contributed by atoms with Gasteiger partial charge in [-0.2, -0.15) is 13.2 Å². The van der Waals surface area contributed by atoms with Crippen LogP contribution >= 0.6 is 0 Å². The van der Waals surface area contributed by atoms with Crippen molar-refractivity contribution in [3.8, 4) is 0 Å². The molecule has 0 aromatic heterocycles. The van der Waals surface area contributed by atoms with Crippen molar-refractivity contribution in [2.24, 2.45) is 0 Å². The van der Waals surface area contributed by atoms with Crippen molar-refractivity contribution in [3.05, 3.63) is 29.3 Å². The minimum atomic E-state index is -4.35. The Balaban J connectivity index is 2.52. The van der Waals surface area contributed by atoms with Crippen molar-refractivity contribution in [1.29, 1.82) is 0 Å². The number of benzene rings is 1. The van der Waals surface area contributed by atoms with Crippen LogP contribution in [0.2, 0.25) is 0 Å². The number of hydrogen-bond acceptors (Lipinski definition) is 2. The summed E-state index contributed by atoms with van der Waals surface area (Å²) in [5.74, 6) is -0.273. The zero-order chi connectivity index (χ0) is 15.1. The maximum Gasteiger partial charge on any atom is 0.416 e. The number of aliphatic hydroxyl groups excluding tert-OH is 1. The molecule has 0 saturated carbocycles. The Labute approximate surface area is 117 Å². The second-order valence-electron chi connectivity index (χ2n) is 5.76. The normalized spacial score (nSPS) is 20.4. The van der Waals surface area contributed by atoms with E-state index in [4.69, 9.17) is 0 Å². The van der Waals surface area contributed by atoms with Crippen molar-refractivity contribution >= 4 is 5.69 Å². The van der Waals surface area contributed by atoms with Gasteiger partial charge in [-0.05, 0) is 44.9 Å². The fraction of sp³-hybridized carbons (Fsp3) is 0.600. The largest absolute Gasteiger partial charge is 0.416 e. The van der Waals surface area contributed by atoms with E-state index < -0.39 is 17.8 Å². The number of aliphatic hydroxyl groups is 1. The molecule has 2 unspecified atom stereocenters. The predicted octanol–water partition coefficient (Wildman–Crippen LogP) is 3.79. The Hall–Kier alpha value is -1.23. The molecule has 112 valence electrons. The van der Waals surface area contributed by atoms with Crippen LogP contribution in [0.3, 0.4) is 0 Å². The van der Waals surface area contributed by atoms with Gasteiger partial charge in [-0.15, -0.1) is 0 Å². The minimum Gasteiger partial charge on any atom is -0.393 e. The molecule has 2 nitrogen and oxygen atoms in total. The molecule has 0 spiro atoms. The molecule has 1 aromatic carbocycles. The van der Waals surface area contributed by atoms with Crippen LogP contribution < -0.4 is 4.90 Å². The Kier molecular flexibility index (Phi) is 4.00. The van der Waals surface area contributed by atoms with Crippen LogP contribution in [-0.4, -0.2) is 23.8 Å². The SMILES string of the molecule is CC(O)CC1CN(C(C)C)c2cccc(C(F)(F)F)c21. The molecule has 2 atom stereocenters. The molecule has 0 saturated heterocycles. The van der Waals surface area contributed by atoms with Gasteiger partial charge in [-0.25, -0.2) is 0 Å². The van der Waals surface area contributed by atoms with E-state index >= 15 is 0 Å². The van der Waals surface area contributed by atoms with Crippen LogP contribution in [0.25, 0.3) is 0 Å². The van der Waals surface area contributed by atoms with Crippen molar-refractivity contribution in [3.63, 3.8) is 0 Å². The maximum absolute atomic E-state index is 13.2. The first-order valence-electron chi connectivity index (χ1n) is 6.86. The zero-order valence-electron chi connectivity index (χ0n) is 11.9. The molecule has 0 bridgehead atoms. The number of anilines is 1. The van der Waals surface area contributed by atoms with Gasteiger partial charge >= 0.3 is 6.18 Å². The number of hydrogen-bond donors (Lipinski definition) is 1. The number of fused-ring (bicyclic) bond motifs is 1. The van der Waals surface area contributed by atoms with Crippen LogP contribution in [0.5, 0.6) is 0 Å². The third kappa shape index (κ3) is 2.77. The Morgan fingerprint density at radius 3 is 2.45 bits per heavy atom. The van der Waals surface area contributed by atoms with Crippen molar-refractivity contribution in [2.75, 3.05) is 11.4 Å². The van der Waals surface area contributed by atoms with Crippen molar-refractivity contribution in [1.82, 2.24) is 0 Å². The van der Waals surface area contributed by atoms with Gasteiger partial charge in [0.15, 0.2) is 0 Å². The first kappa shape index (κ1) is 15.2. The molecule has 1 aromatic rings. The number of nitrogens with zero attached hydrogens (tertiary/aromatic N) is 1. The molecule has 5 heteroatoms. The van der Waals surface area contributed by atoms with Crippen molar-refractivity contribution < 1.29 is 18.3 Å². The summed E-state index contributed by atoms with van der Waals surface area (Å²) in [6.07, 6.45) is -4.61. The van der Waals surface area contributed by atoms with E-state index in [0.29, 0.717) is 24.2 Å². The quantitative estimate of drug-likeness (QED) is 0.914. The van der Waals surface area contributed by atoms with E-state index in [0.717, 1.165) is 6.07 Å². The lowest BCUT2D eigenvalue weighted by atomic mass is 9.91. The Bertz CT molecular complexity index is 482. The van der Waals surface area contributed by atoms with E-state index in [1.54, 1.807) is 13.0 Å². The highest BCUT2D eigenvalue weighted by atomic mass is 19.4. The molecule has 0 amide bonds. The smallest absolute Gasteiger partial charge is 0.393 e. The average molecular weight is 287 g/mol. The topological polar surface area (TPSA) is 23.5 Å². The zero-order valence-corrected chi connectivity index (χ0v) is 11.9. The molecule has 1 N–H and O–H groups in total. The summed E-state index contributed by atoms with van der Waals surface area (Å²) in [7, 11) is 0. The molecule has 0 aliphatic carbocycles. The summed E-state index contributed by atoms with van der Waals surface area (Å²) < 4.78 is 39.6. The molecule has 0 fully saturated rings. The van der Waals surface area contributed by atoms with Crippen molar-refractivity contribution in [2.45, 2.75) is 51.4 Å². The maximum atomic E-state index is 13.2. The highest BCUT2D eigenvalue weighted by Crippen LogP contribution is 2.46. The summed E-state index contributed by atoms with van der Waals surface area (Å²) in [6, 6.07) is 4.47. The molecule has 0 radical (unpaired) electrons. The Morgan fingerprint density at radius 2 is 1.95 bits per heavy atom. The van der Waals surface area contributed by atoms with Crippen LogP contribution in [0.1, 0.15) is 44.2 Å². The molecule has 1 heterocycles. The van der Waals surface area contributed by atoms with Gasteiger partial charge < -0.3 is 10.0 Å². The third-order valence-corrected chi connectivity index (χ3v) is 3.77. The molecule has 1 aliphatic heterocycles. The highest BCUT2D eigenvalue weighted by Gasteiger charge is 2.41. The number of rotatable bonds is 3. The predicted molar refractivity (Wildman–Crippen MR) is 73.0 cm³/mol. The van der Waals surface area contributed by atoms with Gasteiger partial charge in [-0.3, -0.25) is 0 Å². The van der Waals surface area contributed by atoms with E-state index in [9.17, 15) is 18.3 Å². The second-order valence-corrected chi connectivity index (χ2v) is 5.76. The van der Waals surface area contributed by atoms with Crippen LogP contribution in [0, 0.1) is 0 Å². The van der Waals surface area contributed by atoms with Gasteiger partial charge in [0, 0.05) is 24.2 Å². The number of alkyl halides is 3. The van der Waals surface area contributed by atoms with E-state index in [-0.39, 0.29) is 12.0 Å². The molecular formula is C15H20F3NO. The summed E-state index contributed by atoms with van der Waals surface area (Å²) in [4.78, 5) is 1.98. The summed E-state index contributed by atoms with van der Waals surface area (Å²) >= 11 is 0. The van der Waals surface area contributed by atoms with Gasteiger partial charge in [0.1, 0.15) is 0 Å². The lowest BCUT2D eigenvalue weighted by molar-refractivity contribution is -0.138. The molecule has 20 heavy (non-hydrogen) atoms. The number of halogens is 3. The summed E-state index contributed by atoms with van der Waals surface area (Å²) in [5.41, 5.74) is 0.430. The first-order chi connectivity index (χ1) is 9.21. The van der Waals surface area contributed by atoms with Crippen LogP contribution in [0.4, 0.5) is 18.9 Å². The van der Waals surface area contributed by atoms with Crippen LogP contribution in [0.15, 0.2) is 18.2 Å². The first-order valence-corrected chi connectivity index (χ1v) is 6.86. The molecular weight excluding hydrogens is 267 g/mol. The van der Waals surface area contributed by atoms with Gasteiger partial charge in [-0.1, -0.05) is 6.07 Å². The van der Waals surface area contributed by atoms with Gasteiger partial charge in [0.05, 0.1) is 11.7 Å². The third-order valence-electron chi connectivity index (χ3n) is 3.77. The second kappa shape index (κ2) is 5.28. The minimum absolute atomic E-state index is 0.135. The van der Waals surface area contributed by atoms with Gasteiger partial charge in [0.25, 0.3) is 0 Å². The average Bonchev–Trinajstić information content (AvgIpc) is 2.66.